The fourth-order valence-electron chi connectivity index (χ4n) is 3.15. The number of halogens is 6. The number of carboxylic acids is 1. The number of aliphatic hydroxyl groups excluding tert-OH is 1. The Kier molecular flexibility index (Phi) is 8.36. The zero-order valence-electron chi connectivity index (χ0n) is 19.0. The molecule has 0 aliphatic heterocycles. The van der Waals surface area contributed by atoms with Crippen molar-refractivity contribution in [1.82, 2.24) is 20.5 Å². The number of aliphatic hydroxyl groups is 1. The van der Waals surface area contributed by atoms with E-state index in [1.165, 1.54) is 18.3 Å². The van der Waals surface area contributed by atoms with E-state index in [4.69, 9.17) is 9.90 Å². The second kappa shape index (κ2) is 11.3. The van der Waals surface area contributed by atoms with Gasteiger partial charge in [-0.25, -0.2) is 4.79 Å². The minimum absolute atomic E-state index is 0.157. The summed E-state index contributed by atoms with van der Waals surface area (Å²) < 4.78 is 69.7. The molecule has 1 amide bonds. The number of aromatic amines is 1. The number of H-pyrrole nitrogens is 1. The zero-order chi connectivity index (χ0) is 28.1. The van der Waals surface area contributed by atoms with Gasteiger partial charge in [0, 0.05) is 29.9 Å². The molecule has 0 aliphatic carbocycles. The summed E-state index contributed by atoms with van der Waals surface area (Å²) in [6.45, 7) is -0.157. The van der Waals surface area contributed by atoms with Crippen LogP contribution in [0.3, 0.4) is 0 Å². The number of hydrogen-bond acceptors (Lipinski definition) is 5. The van der Waals surface area contributed by atoms with Crippen molar-refractivity contribution in [3.8, 4) is 11.1 Å². The number of benzene rings is 2. The Hall–Kier alpha value is -4.46. The number of hydrogen-bond donors (Lipinski definition) is 4. The van der Waals surface area contributed by atoms with Crippen LogP contribution in [0.5, 0.6) is 0 Å². The first-order valence-corrected chi connectivity index (χ1v) is 10.6. The number of pyridine rings is 1. The predicted octanol–water partition coefficient (Wildman–Crippen LogP) is 4.74. The van der Waals surface area contributed by atoms with E-state index in [0.29, 0.717) is 5.56 Å². The SMILES string of the molecule is O=C(NCC(O)c1ccc(C(F)(F)F)cc1)c1cncc(-c2ccc3[nH]ncc3c2)c1.O=C(O)C(F)(F)F. The molecule has 0 saturated carbocycles. The molecule has 4 aromatic rings. The Balaban J connectivity index is 0.000000505. The Labute approximate surface area is 209 Å². The fourth-order valence-corrected chi connectivity index (χ4v) is 3.15. The first-order valence-electron chi connectivity index (χ1n) is 10.6. The number of carbonyl (C=O) groups excluding carboxylic acids is 1. The van der Waals surface area contributed by atoms with Crippen LogP contribution in [0.2, 0.25) is 0 Å². The zero-order valence-corrected chi connectivity index (χ0v) is 19.0. The third kappa shape index (κ3) is 7.29. The Morgan fingerprint density at radius 3 is 2.18 bits per heavy atom. The number of aromatic nitrogens is 3. The van der Waals surface area contributed by atoms with Crippen LogP contribution in [-0.2, 0) is 11.0 Å². The fraction of sp³-hybridized carbons (Fsp3) is 0.167. The topological polar surface area (TPSA) is 128 Å². The minimum atomic E-state index is -5.08. The number of nitrogens with zero attached hydrogens (tertiary/aromatic N) is 2. The van der Waals surface area contributed by atoms with E-state index in [9.17, 15) is 36.2 Å². The molecule has 2 aromatic carbocycles. The van der Waals surface area contributed by atoms with Crippen molar-refractivity contribution in [2.24, 2.45) is 0 Å². The molecule has 4 N–H and O–H groups in total. The molecule has 8 nitrogen and oxygen atoms in total. The van der Waals surface area contributed by atoms with Crippen molar-refractivity contribution >= 4 is 22.8 Å². The van der Waals surface area contributed by atoms with E-state index in [1.807, 2.05) is 18.2 Å². The minimum Gasteiger partial charge on any atom is -0.475 e. The van der Waals surface area contributed by atoms with E-state index >= 15 is 0 Å². The Morgan fingerprint density at radius 2 is 1.58 bits per heavy atom. The highest BCUT2D eigenvalue weighted by molar-refractivity contribution is 5.95. The predicted molar refractivity (Wildman–Crippen MR) is 122 cm³/mol. The highest BCUT2D eigenvalue weighted by Gasteiger charge is 2.38. The summed E-state index contributed by atoms with van der Waals surface area (Å²) in [6, 6.07) is 11.5. The van der Waals surface area contributed by atoms with Gasteiger partial charge in [0.05, 0.1) is 28.9 Å². The number of nitrogens with one attached hydrogen (secondary N) is 2. The summed E-state index contributed by atoms with van der Waals surface area (Å²) in [5.41, 5.74) is 2.25. The first-order chi connectivity index (χ1) is 17.8. The van der Waals surface area contributed by atoms with Crippen molar-refractivity contribution in [2.75, 3.05) is 6.54 Å². The molecule has 1 unspecified atom stereocenters. The van der Waals surface area contributed by atoms with Crippen LogP contribution in [-0.4, -0.2) is 50.0 Å². The Morgan fingerprint density at radius 1 is 0.921 bits per heavy atom. The number of amides is 1. The molecule has 0 saturated heterocycles. The number of carbonyl (C=O) groups is 2. The molecule has 200 valence electrons. The highest BCUT2D eigenvalue weighted by Crippen LogP contribution is 2.30. The van der Waals surface area contributed by atoms with Crippen LogP contribution < -0.4 is 5.32 Å². The number of rotatable bonds is 5. The molecule has 4 rings (SSSR count). The third-order valence-corrected chi connectivity index (χ3v) is 5.10. The van der Waals surface area contributed by atoms with Gasteiger partial charge in [-0.05, 0) is 41.5 Å². The molecular weight excluding hydrogens is 522 g/mol. The van der Waals surface area contributed by atoms with Gasteiger partial charge >= 0.3 is 18.3 Å². The van der Waals surface area contributed by atoms with Gasteiger partial charge in [-0.2, -0.15) is 31.4 Å². The van der Waals surface area contributed by atoms with Crippen LogP contribution in [0, 0.1) is 0 Å². The molecule has 0 fully saturated rings. The first kappa shape index (κ1) is 28.1. The van der Waals surface area contributed by atoms with E-state index < -0.39 is 35.9 Å². The molecular formula is C24H18F6N4O4. The van der Waals surface area contributed by atoms with Crippen molar-refractivity contribution < 1.29 is 46.1 Å². The maximum Gasteiger partial charge on any atom is 0.490 e. The van der Waals surface area contributed by atoms with E-state index in [2.05, 4.69) is 20.5 Å². The molecule has 0 radical (unpaired) electrons. The Bertz CT molecular complexity index is 1420. The van der Waals surface area contributed by atoms with Crippen LogP contribution >= 0.6 is 0 Å². The van der Waals surface area contributed by atoms with Gasteiger partial charge in [0.2, 0.25) is 0 Å². The summed E-state index contributed by atoms with van der Waals surface area (Å²) in [6.07, 6.45) is -5.94. The molecule has 14 heteroatoms. The second-order valence-electron chi connectivity index (χ2n) is 7.78. The summed E-state index contributed by atoms with van der Waals surface area (Å²) in [4.78, 5) is 25.5. The molecule has 2 aromatic heterocycles. The normalized spacial score (nSPS) is 12.4. The van der Waals surface area contributed by atoms with E-state index in [-0.39, 0.29) is 12.1 Å². The standard InChI is InChI=1S/C22H17F3N4O2.C2HF3O2/c23-22(24,25)18-4-1-13(2-5-18)20(30)12-27-21(31)17-8-15(9-26-10-17)14-3-6-19-16(7-14)11-28-29-19;3-2(4,5)1(6)7/h1-11,20,30H,12H2,(H,27,31)(H,28,29);(H,6,7). The summed E-state index contributed by atoms with van der Waals surface area (Å²) in [5.74, 6) is -3.21. The molecule has 0 bridgehead atoms. The van der Waals surface area contributed by atoms with Crippen LogP contribution in [0.1, 0.15) is 27.6 Å². The van der Waals surface area contributed by atoms with Gasteiger partial charge in [0.1, 0.15) is 0 Å². The van der Waals surface area contributed by atoms with Crippen LogP contribution in [0.4, 0.5) is 26.3 Å². The third-order valence-electron chi connectivity index (χ3n) is 5.10. The average Bonchev–Trinajstić information content (AvgIpc) is 3.34. The van der Waals surface area contributed by atoms with Crippen LogP contribution in [0.25, 0.3) is 22.0 Å². The van der Waals surface area contributed by atoms with Gasteiger partial charge in [-0.15, -0.1) is 0 Å². The van der Waals surface area contributed by atoms with Crippen LogP contribution in [0.15, 0.2) is 67.1 Å². The summed E-state index contributed by atoms with van der Waals surface area (Å²) >= 11 is 0. The van der Waals surface area contributed by atoms with Crippen molar-refractivity contribution in [3.05, 3.63) is 83.8 Å². The maximum atomic E-state index is 12.6. The smallest absolute Gasteiger partial charge is 0.475 e. The molecule has 1 atom stereocenters. The van der Waals surface area contributed by atoms with Gasteiger partial charge in [-0.3, -0.25) is 14.9 Å². The lowest BCUT2D eigenvalue weighted by atomic mass is 10.0. The van der Waals surface area contributed by atoms with E-state index in [1.54, 1.807) is 18.5 Å². The second-order valence-corrected chi connectivity index (χ2v) is 7.78. The number of alkyl halides is 6. The summed E-state index contributed by atoms with van der Waals surface area (Å²) in [5, 5.41) is 27.7. The van der Waals surface area contributed by atoms with Gasteiger partial charge in [0.15, 0.2) is 0 Å². The quantitative estimate of drug-likeness (QED) is 0.271. The molecule has 0 aliphatic rings. The highest BCUT2D eigenvalue weighted by atomic mass is 19.4. The lowest BCUT2D eigenvalue weighted by molar-refractivity contribution is -0.192. The number of carboxylic acid groups (broad SMARTS) is 1. The molecule has 0 spiro atoms. The monoisotopic (exact) mass is 540 g/mol. The lowest BCUT2D eigenvalue weighted by Gasteiger charge is -2.14. The molecule has 38 heavy (non-hydrogen) atoms. The largest absolute Gasteiger partial charge is 0.490 e. The maximum absolute atomic E-state index is 12.6. The van der Waals surface area contributed by atoms with Crippen molar-refractivity contribution in [1.29, 1.82) is 0 Å². The molecule has 2 heterocycles. The van der Waals surface area contributed by atoms with Gasteiger partial charge < -0.3 is 15.5 Å². The van der Waals surface area contributed by atoms with Gasteiger partial charge in [0.25, 0.3) is 5.91 Å². The average molecular weight is 540 g/mol. The summed E-state index contributed by atoms with van der Waals surface area (Å²) in [7, 11) is 0. The van der Waals surface area contributed by atoms with E-state index in [0.717, 1.165) is 34.2 Å². The number of fused-ring (bicyclic) bond motifs is 1. The van der Waals surface area contributed by atoms with Gasteiger partial charge in [-0.1, -0.05) is 18.2 Å². The van der Waals surface area contributed by atoms with Crippen molar-refractivity contribution in [3.63, 3.8) is 0 Å². The number of aliphatic carboxylic acids is 1. The van der Waals surface area contributed by atoms with Crippen molar-refractivity contribution in [2.45, 2.75) is 18.5 Å². The lowest BCUT2D eigenvalue weighted by Crippen LogP contribution is -2.28.